The third kappa shape index (κ3) is 4.23. The minimum absolute atomic E-state index is 0.0285. The molecule has 0 aliphatic rings. The predicted molar refractivity (Wildman–Crippen MR) is 98.1 cm³/mol. The Morgan fingerprint density at radius 1 is 0.960 bits per heavy atom. The standard InChI is InChI=1S/C19H18N2O3S/c22-17(16-9-3-6-13-5-1-2-8-15(13)16)12-21-19(24)18(23)20-11-14-7-4-10-25-14/h1-10,17,22H,11-12H2,(H,20,23)(H,21,24)/t17-/m0/s1. The molecule has 0 saturated carbocycles. The summed E-state index contributed by atoms with van der Waals surface area (Å²) in [5.74, 6) is -1.46. The van der Waals surface area contributed by atoms with Crippen LogP contribution in [-0.4, -0.2) is 23.5 Å². The number of aliphatic hydroxyl groups is 1. The number of nitrogens with one attached hydrogen (secondary N) is 2. The number of rotatable bonds is 5. The maximum atomic E-state index is 11.9. The fourth-order valence-electron chi connectivity index (χ4n) is 2.58. The summed E-state index contributed by atoms with van der Waals surface area (Å²) in [7, 11) is 0. The Hall–Kier alpha value is -2.70. The zero-order chi connectivity index (χ0) is 17.6. The SMILES string of the molecule is O=C(NCc1cccs1)C(=O)NC[C@H](O)c1cccc2ccccc12. The second-order valence-electron chi connectivity index (χ2n) is 5.56. The molecule has 25 heavy (non-hydrogen) atoms. The molecule has 0 bridgehead atoms. The van der Waals surface area contributed by atoms with E-state index in [1.807, 2.05) is 60.0 Å². The van der Waals surface area contributed by atoms with E-state index in [4.69, 9.17) is 0 Å². The van der Waals surface area contributed by atoms with Gasteiger partial charge in [0.2, 0.25) is 0 Å². The Morgan fingerprint density at radius 2 is 1.72 bits per heavy atom. The van der Waals surface area contributed by atoms with E-state index in [0.717, 1.165) is 21.2 Å². The lowest BCUT2D eigenvalue weighted by Crippen LogP contribution is -2.41. The molecule has 3 N–H and O–H groups in total. The van der Waals surface area contributed by atoms with Crippen molar-refractivity contribution < 1.29 is 14.7 Å². The van der Waals surface area contributed by atoms with Crippen LogP contribution in [0.15, 0.2) is 60.0 Å². The van der Waals surface area contributed by atoms with Gasteiger partial charge in [0.05, 0.1) is 12.6 Å². The van der Waals surface area contributed by atoms with Crippen LogP contribution in [0, 0.1) is 0 Å². The molecule has 3 aromatic rings. The number of benzene rings is 2. The van der Waals surface area contributed by atoms with Gasteiger partial charge < -0.3 is 15.7 Å². The third-order valence-electron chi connectivity index (χ3n) is 3.85. The quantitative estimate of drug-likeness (QED) is 0.616. The van der Waals surface area contributed by atoms with E-state index < -0.39 is 17.9 Å². The summed E-state index contributed by atoms with van der Waals surface area (Å²) >= 11 is 1.51. The second kappa shape index (κ2) is 7.92. The molecular formula is C19H18N2O3S. The number of amides is 2. The Labute approximate surface area is 149 Å². The monoisotopic (exact) mass is 354 g/mol. The van der Waals surface area contributed by atoms with Crippen LogP contribution in [0.4, 0.5) is 0 Å². The highest BCUT2D eigenvalue weighted by molar-refractivity contribution is 7.09. The summed E-state index contributed by atoms with van der Waals surface area (Å²) in [5, 5.41) is 19.3. The van der Waals surface area contributed by atoms with Crippen LogP contribution in [0.3, 0.4) is 0 Å². The van der Waals surface area contributed by atoms with Gasteiger partial charge in [-0.25, -0.2) is 0 Å². The summed E-state index contributed by atoms with van der Waals surface area (Å²) < 4.78 is 0. The van der Waals surface area contributed by atoms with Crippen molar-refractivity contribution in [3.05, 3.63) is 70.4 Å². The molecule has 6 heteroatoms. The lowest BCUT2D eigenvalue weighted by molar-refractivity contribution is -0.139. The molecule has 0 aliphatic heterocycles. The van der Waals surface area contributed by atoms with E-state index in [9.17, 15) is 14.7 Å². The molecular weight excluding hydrogens is 336 g/mol. The minimum atomic E-state index is -0.889. The molecule has 2 amide bonds. The average Bonchev–Trinajstić information content (AvgIpc) is 3.17. The summed E-state index contributed by atoms with van der Waals surface area (Å²) in [4.78, 5) is 24.6. The van der Waals surface area contributed by atoms with Crippen molar-refractivity contribution >= 4 is 33.9 Å². The van der Waals surface area contributed by atoms with Crippen LogP contribution >= 0.6 is 11.3 Å². The highest BCUT2D eigenvalue weighted by Gasteiger charge is 2.16. The van der Waals surface area contributed by atoms with Crippen LogP contribution in [0.25, 0.3) is 10.8 Å². The number of aliphatic hydroxyl groups excluding tert-OH is 1. The maximum absolute atomic E-state index is 11.9. The molecule has 1 atom stereocenters. The van der Waals surface area contributed by atoms with E-state index in [2.05, 4.69) is 10.6 Å². The van der Waals surface area contributed by atoms with Gasteiger partial charge in [-0.1, -0.05) is 48.5 Å². The van der Waals surface area contributed by atoms with Crippen molar-refractivity contribution in [1.82, 2.24) is 10.6 Å². The number of fused-ring (bicyclic) bond motifs is 1. The number of hydrogen-bond donors (Lipinski definition) is 3. The smallest absolute Gasteiger partial charge is 0.309 e. The Balaban J connectivity index is 1.56. The van der Waals surface area contributed by atoms with Crippen molar-refractivity contribution in [1.29, 1.82) is 0 Å². The molecule has 2 aromatic carbocycles. The third-order valence-corrected chi connectivity index (χ3v) is 4.72. The normalized spacial score (nSPS) is 11.9. The van der Waals surface area contributed by atoms with Gasteiger partial charge in [0.1, 0.15) is 0 Å². The van der Waals surface area contributed by atoms with Crippen molar-refractivity contribution in [2.24, 2.45) is 0 Å². The first kappa shape index (κ1) is 17.1. The molecule has 1 aromatic heterocycles. The number of carbonyl (C=O) groups excluding carboxylic acids is 2. The summed E-state index contributed by atoms with van der Waals surface area (Å²) in [6, 6.07) is 17.1. The summed E-state index contributed by atoms with van der Waals surface area (Å²) in [5.41, 5.74) is 0.720. The lowest BCUT2D eigenvalue weighted by Gasteiger charge is -2.14. The Morgan fingerprint density at radius 3 is 2.52 bits per heavy atom. The molecule has 1 heterocycles. The van der Waals surface area contributed by atoms with E-state index in [-0.39, 0.29) is 6.54 Å². The first-order valence-electron chi connectivity index (χ1n) is 7.89. The van der Waals surface area contributed by atoms with Crippen molar-refractivity contribution in [3.63, 3.8) is 0 Å². The lowest BCUT2D eigenvalue weighted by atomic mass is 10.0. The first-order chi connectivity index (χ1) is 12.1. The number of thiophene rings is 1. The van der Waals surface area contributed by atoms with Gasteiger partial charge in [-0.05, 0) is 27.8 Å². The molecule has 3 rings (SSSR count). The van der Waals surface area contributed by atoms with Crippen molar-refractivity contribution in [2.45, 2.75) is 12.6 Å². The molecule has 128 valence electrons. The zero-order valence-corrected chi connectivity index (χ0v) is 14.3. The van der Waals surface area contributed by atoms with Crippen LogP contribution in [0.2, 0.25) is 0 Å². The van der Waals surface area contributed by atoms with Crippen LogP contribution in [0.1, 0.15) is 16.5 Å². The number of carbonyl (C=O) groups is 2. The van der Waals surface area contributed by atoms with Gasteiger partial charge in [-0.3, -0.25) is 9.59 Å². The van der Waals surface area contributed by atoms with E-state index in [0.29, 0.717) is 6.54 Å². The Kier molecular flexibility index (Phi) is 5.42. The van der Waals surface area contributed by atoms with Crippen molar-refractivity contribution in [3.8, 4) is 0 Å². The van der Waals surface area contributed by atoms with Crippen LogP contribution < -0.4 is 10.6 Å². The van der Waals surface area contributed by atoms with E-state index in [1.165, 1.54) is 11.3 Å². The largest absolute Gasteiger partial charge is 0.387 e. The Bertz CT molecular complexity index is 872. The fourth-order valence-corrected chi connectivity index (χ4v) is 3.23. The van der Waals surface area contributed by atoms with Gasteiger partial charge in [-0.2, -0.15) is 0 Å². The van der Waals surface area contributed by atoms with Gasteiger partial charge in [0.15, 0.2) is 0 Å². The van der Waals surface area contributed by atoms with Crippen molar-refractivity contribution in [2.75, 3.05) is 6.54 Å². The fraction of sp³-hybridized carbons (Fsp3) is 0.158. The topological polar surface area (TPSA) is 78.4 Å². The molecule has 0 radical (unpaired) electrons. The highest BCUT2D eigenvalue weighted by atomic mass is 32.1. The average molecular weight is 354 g/mol. The van der Waals surface area contributed by atoms with E-state index >= 15 is 0 Å². The number of hydrogen-bond acceptors (Lipinski definition) is 4. The van der Waals surface area contributed by atoms with Gasteiger partial charge in [0, 0.05) is 11.4 Å². The first-order valence-corrected chi connectivity index (χ1v) is 8.77. The summed E-state index contributed by atoms with van der Waals surface area (Å²) in [6.45, 7) is 0.287. The molecule has 0 saturated heterocycles. The van der Waals surface area contributed by atoms with Gasteiger partial charge in [-0.15, -0.1) is 11.3 Å². The molecule has 0 fully saturated rings. The molecule has 0 spiro atoms. The van der Waals surface area contributed by atoms with Gasteiger partial charge in [0.25, 0.3) is 0 Å². The summed E-state index contributed by atoms with van der Waals surface area (Å²) in [6.07, 6.45) is -0.889. The minimum Gasteiger partial charge on any atom is -0.387 e. The van der Waals surface area contributed by atoms with E-state index in [1.54, 1.807) is 0 Å². The van der Waals surface area contributed by atoms with Gasteiger partial charge >= 0.3 is 11.8 Å². The predicted octanol–water partition coefficient (Wildman–Crippen LogP) is 2.37. The maximum Gasteiger partial charge on any atom is 0.309 e. The highest BCUT2D eigenvalue weighted by Crippen LogP contribution is 2.23. The van der Waals surface area contributed by atoms with Crippen LogP contribution in [0.5, 0.6) is 0 Å². The molecule has 5 nitrogen and oxygen atoms in total. The second-order valence-corrected chi connectivity index (χ2v) is 6.59. The molecule has 0 unspecified atom stereocenters. The van der Waals surface area contributed by atoms with Crippen LogP contribution in [-0.2, 0) is 16.1 Å². The zero-order valence-electron chi connectivity index (χ0n) is 13.4. The molecule has 0 aliphatic carbocycles.